The molecule has 4 aliphatic carbocycles. The highest BCUT2D eigenvalue weighted by Crippen LogP contribution is 2.58. The predicted octanol–water partition coefficient (Wildman–Crippen LogP) is 19.2. The van der Waals surface area contributed by atoms with Crippen LogP contribution in [0.3, 0.4) is 0 Å². The van der Waals surface area contributed by atoms with E-state index in [4.69, 9.17) is 34.9 Å². The third kappa shape index (κ3) is 7.14. The number of aromatic nitrogens is 7. The van der Waals surface area contributed by atoms with E-state index in [1.807, 2.05) is 13.8 Å². The van der Waals surface area contributed by atoms with Gasteiger partial charge in [0.2, 0.25) is 0 Å². The summed E-state index contributed by atoms with van der Waals surface area (Å²) in [6.45, 7) is 14.2. The Kier molecular flexibility index (Phi) is 11.0. The second kappa shape index (κ2) is 18.6. The molecular weight excluding hydrogens is 1020 g/mol. The molecule has 5 aliphatic rings. The molecule has 0 amide bonds. The first-order valence-corrected chi connectivity index (χ1v) is 31.0. The molecule has 1 fully saturated rings. The van der Waals surface area contributed by atoms with Gasteiger partial charge in [0.25, 0.3) is 0 Å². The Bertz CT molecular complexity index is 5080. The van der Waals surface area contributed by atoms with E-state index in [0.717, 1.165) is 143 Å². The highest BCUT2D eigenvalue weighted by molar-refractivity contribution is 6.08. The number of nitrogens with zero attached hydrogens (tertiary/aromatic N) is 7. The Balaban J connectivity index is 0.00000275. The fourth-order valence-corrected chi connectivity index (χ4v) is 16.8. The number of rotatable bonds is 0. The van der Waals surface area contributed by atoms with Gasteiger partial charge in [0, 0.05) is 48.7 Å². The molecule has 0 spiro atoms. The summed E-state index contributed by atoms with van der Waals surface area (Å²) in [5.41, 5.74) is 24.1. The van der Waals surface area contributed by atoms with Gasteiger partial charge in [-0.1, -0.05) is 169 Å². The first kappa shape index (κ1) is 49.8. The molecule has 7 nitrogen and oxygen atoms in total. The van der Waals surface area contributed by atoms with E-state index < -0.39 is 0 Å². The molecule has 18 rings (SSSR count). The predicted molar refractivity (Wildman–Crippen MR) is 348 cm³/mol. The number of pyridine rings is 7. The molecule has 7 unspecified atom stereocenters. The van der Waals surface area contributed by atoms with E-state index >= 15 is 0 Å². The molecule has 13 aromatic rings. The van der Waals surface area contributed by atoms with Crippen LogP contribution in [-0.2, 0) is 18.3 Å². The maximum atomic E-state index is 5.91. The summed E-state index contributed by atoms with van der Waals surface area (Å²) in [6.07, 6.45) is 11.5. The summed E-state index contributed by atoms with van der Waals surface area (Å²) in [5, 5.41) is 7.81. The zero-order valence-electron chi connectivity index (χ0n) is 48.6. The number of hydrogen-bond donors (Lipinski definition) is 0. The molecule has 1 saturated carbocycles. The van der Waals surface area contributed by atoms with Crippen molar-refractivity contribution in [3.63, 3.8) is 0 Å². The van der Waals surface area contributed by atoms with Crippen LogP contribution in [-0.4, -0.2) is 34.9 Å². The van der Waals surface area contributed by atoms with Gasteiger partial charge >= 0.3 is 0 Å². The Labute approximate surface area is 489 Å². The van der Waals surface area contributed by atoms with Crippen LogP contribution in [0.4, 0.5) is 0 Å². The van der Waals surface area contributed by atoms with E-state index in [2.05, 4.69) is 198 Å². The number of hydrogen-bond acceptors (Lipinski definition) is 7. The second-order valence-electron chi connectivity index (χ2n) is 25.3. The van der Waals surface area contributed by atoms with Crippen LogP contribution < -0.4 is 0 Å². The standard InChI is InChI=1S/C75H59N7.C2H6/c1-39-17-22-48-50-23-30-58-51-13-5-9-43-20-28-63(81-68(43)51)64-29-21-46-12-8-16-57(71(46)82-64)75-35-33-47(75)38-56(72(50)76-58)49(34-36-75)65(48)40(2)37-41(3)66-54-24-31-59-52-14-6-10-44-18-26-61(79-69(44)52)62-27-19-45-11-7-15-53(70(45)80-62)60-32-25-55(67(66)42(39)4)74(78-60)73(54)77-59;1-2/h5-16,18-21,23-32,34,36,39-42,47,66-67H,17,22,33,35,37-38H2,1-4H3;1-2H3/t39?,40?,41-,42?,47?,66?,67?,75?;/m1./s1. The number of fused-ring (bicyclic) bond motifs is 18. The number of para-hydroxylation sites is 4. The Morgan fingerprint density at radius 3 is 1.65 bits per heavy atom. The molecule has 16 bridgehead atoms. The highest BCUT2D eigenvalue weighted by Gasteiger charge is 2.49. The fourth-order valence-electron chi connectivity index (χ4n) is 16.8. The molecule has 7 heteroatoms. The Morgan fingerprint density at radius 1 is 0.429 bits per heavy atom. The normalized spacial score (nSPS) is 23.0. The lowest BCUT2D eigenvalue weighted by Crippen LogP contribution is -2.43. The van der Waals surface area contributed by atoms with Crippen molar-refractivity contribution < 1.29 is 0 Å². The zero-order chi connectivity index (χ0) is 56.3. The van der Waals surface area contributed by atoms with Gasteiger partial charge in [-0.3, -0.25) is 0 Å². The Morgan fingerprint density at radius 2 is 0.988 bits per heavy atom. The van der Waals surface area contributed by atoms with Gasteiger partial charge in [-0.15, -0.1) is 0 Å². The third-order valence-corrected chi connectivity index (χ3v) is 21.1. The van der Waals surface area contributed by atoms with Crippen LogP contribution in [0.25, 0.3) is 127 Å². The zero-order valence-corrected chi connectivity index (χ0v) is 48.6. The molecule has 8 aromatic heterocycles. The van der Waals surface area contributed by atoms with Gasteiger partial charge in [-0.2, -0.15) is 0 Å². The van der Waals surface area contributed by atoms with E-state index in [1.165, 1.54) is 55.2 Å². The summed E-state index contributed by atoms with van der Waals surface area (Å²) in [4.78, 5) is 39.3. The monoisotopic (exact) mass is 1090 g/mol. The lowest BCUT2D eigenvalue weighted by molar-refractivity contribution is 0.175. The third-order valence-electron chi connectivity index (χ3n) is 21.1. The van der Waals surface area contributed by atoms with Crippen LogP contribution in [0.1, 0.15) is 124 Å². The SMILES string of the molecule is CC.CC1C[C@@H](C)C2c3ccc4nc3c3nc(ccc3C2C(C)C(C)CCc2c1c1c3c5nc(ccc25)-c2cccc5ccc(nc25)-c2ccc5cccc(c5n2)C2(C=C1)CCC2C3)c1cccc2ccc(nc21)c1ccc2cccc4c2n1. The lowest BCUT2D eigenvalue weighted by Gasteiger charge is -2.48. The molecule has 0 N–H and O–H groups in total. The maximum absolute atomic E-state index is 5.91. The molecule has 8 atom stereocenters. The quantitative estimate of drug-likeness (QED) is 0.149. The largest absolute Gasteiger partial charge is 0.247 e. The second-order valence-corrected chi connectivity index (χ2v) is 25.3. The number of aryl methyl sites for hydroxylation is 1. The van der Waals surface area contributed by atoms with Crippen molar-refractivity contribution in [2.75, 3.05) is 0 Å². The van der Waals surface area contributed by atoms with Crippen LogP contribution in [0.5, 0.6) is 0 Å². The summed E-state index contributed by atoms with van der Waals surface area (Å²) in [6, 6.07) is 57.9. The molecular formula is C77H65N7. The molecule has 408 valence electrons. The van der Waals surface area contributed by atoms with Crippen LogP contribution in [0.15, 0.2) is 164 Å². The van der Waals surface area contributed by atoms with Crippen molar-refractivity contribution in [1.29, 1.82) is 0 Å². The number of allylic oxidation sites excluding steroid dienone is 1. The fraction of sp³-hybridized carbons (Fsp3) is 0.260. The average Bonchev–Trinajstić information content (AvgIpc) is 3.31. The van der Waals surface area contributed by atoms with Crippen molar-refractivity contribution in [2.24, 2.45) is 23.7 Å². The molecule has 84 heavy (non-hydrogen) atoms. The van der Waals surface area contributed by atoms with Crippen molar-refractivity contribution in [3.05, 3.63) is 203 Å². The Hall–Kier alpha value is -8.81. The van der Waals surface area contributed by atoms with Gasteiger partial charge in [0.1, 0.15) is 0 Å². The van der Waals surface area contributed by atoms with E-state index in [0.29, 0.717) is 23.7 Å². The minimum atomic E-state index is -0.157. The molecule has 0 saturated heterocycles. The van der Waals surface area contributed by atoms with Crippen LogP contribution >= 0.6 is 0 Å². The van der Waals surface area contributed by atoms with Gasteiger partial charge in [0.05, 0.1) is 77.8 Å². The van der Waals surface area contributed by atoms with Crippen LogP contribution in [0.2, 0.25) is 0 Å². The van der Waals surface area contributed by atoms with Crippen molar-refractivity contribution in [1.82, 2.24) is 34.9 Å². The molecule has 1 aliphatic heterocycles. The minimum Gasteiger partial charge on any atom is -0.247 e. The molecule has 0 radical (unpaired) electrons. The van der Waals surface area contributed by atoms with Gasteiger partial charge in [-0.25, -0.2) is 34.9 Å². The summed E-state index contributed by atoms with van der Waals surface area (Å²) >= 11 is 0. The highest BCUT2D eigenvalue weighted by atomic mass is 14.8. The maximum Gasteiger partial charge on any atom is 0.0931 e. The van der Waals surface area contributed by atoms with Crippen molar-refractivity contribution >= 4 is 104 Å². The summed E-state index contributed by atoms with van der Waals surface area (Å²) in [5.74, 6) is 2.09. The summed E-state index contributed by atoms with van der Waals surface area (Å²) < 4.78 is 0. The van der Waals surface area contributed by atoms with Gasteiger partial charge in [0.15, 0.2) is 0 Å². The molecule has 9 heterocycles. The first-order chi connectivity index (χ1) is 41.2. The smallest absolute Gasteiger partial charge is 0.0931 e. The number of benzene rings is 5. The van der Waals surface area contributed by atoms with E-state index in [-0.39, 0.29) is 23.2 Å². The van der Waals surface area contributed by atoms with Crippen LogP contribution in [0, 0.1) is 23.7 Å². The average molecular weight is 1090 g/mol. The van der Waals surface area contributed by atoms with Gasteiger partial charge in [-0.05, 0) is 161 Å². The van der Waals surface area contributed by atoms with Crippen molar-refractivity contribution in [2.45, 2.75) is 103 Å². The first-order valence-electron chi connectivity index (χ1n) is 31.0. The summed E-state index contributed by atoms with van der Waals surface area (Å²) in [7, 11) is 0. The van der Waals surface area contributed by atoms with Crippen molar-refractivity contribution in [3.8, 4) is 22.6 Å². The minimum absolute atomic E-state index is 0.157. The van der Waals surface area contributed by atoms with E-state index in [1.54, 1.807) is 0 Å². The lowest BCUT2D eigenvalue weighted by atomic mass is 9.55. The van der Waals surface area contributed by atoms with E-state index in [9.17, 15) is 0 Å². The molecule has 5 aromatic carbocycles. The van der Waals surface area contributed by atoms with Gasteiger partial charge < -0.3 is 0 Å². The topological polar surface area (TPSA) is 90.2 Å².